The first-order chi connectivity index (χ1) is 20.3. The molecular formula is C40H27N. The van der Waals surface area contributed by atoms with E-state index >= 15 is 0 Å². The second-order valence-electron chi connectivity index (χ2n) is 10.6. The third-order valence-corrected chi connectivity index (χ3v) is 8.17. The van der Waals surface area contributed by atoms with Crippen LogP contribution in [0.1, 0.15) is 0 Å². The van der Waals surface area contributed by atoms with Gasteiger partial charge in [-0.05, 0) is 91.3 Å². The largest absolute Gasteiger partial charge is 0.310 e. The summed E-state index contributed by atoms with van der Waals surface area (Å²) in [4.78, 5) is 2.40. The maximum Gasteiger partial charge on any atom is 0.0546 e. The van der Waals surface area contributed by atoms with Gasteiger partial charge in [-0.1, -0.05) is 121 Å². The van der Waals surface area contributed by atoms with Gasteiger partial charge in [0, 0.05) is 16.8 Å². The summed E-state index contributed by atoms with van der Waals surface area (Å²) in [5.74, 6) is 0. The molecule has 8 rings (SSSR count). The fraction of sp³-hybridized carbons (Fsp3) is 0. The molecule has 0 saturated carbocycles. The molecule has 0 aliphatic carbocycles. The van der Waals surface area contributed by atoms with Gasteiger partial charge >= 0.3 is 0 Å². The van der Waals surface area contributed by atoms with Crippen LogP contribution in [0, 0.1) is 0 Å². The summed E-state index contributed by atoms with van der Waals surface area (Å²) < 4.78 is 0. The molecule has 0 heterocycles. The Morgan fingerprint density at radius 1 is 0.317 bits per heavy atom. The lowest BCUT2D eigenvalue weighted by molar-refractivity contribution is 1.30. The van der Waals surface area contributed by atoms with Crippen molar-refractivity contribution in [3.8, 4) is 11.1 Å². The summed E-state index contributed by atoms with van der Waals surface area (Å²) >= 11 is 0. The average molecular weight is 522 g/mol. The number of hydrogen-bond donors (Lipinski definition) is 0. The lowest BCUT2D eigenvalue weighted by Gasteiger charge is -2.27. The van der Waals surface area contributed by atoms with Crippen LogP contribution in [0.25, 0.3) is 54.2 Å². The lowest BCUT2D eigenvalue weighted by Crippen LogP contribution is -2.10. The number of rotatable bonds is 4. The van der Waals surface area contributed by atoms with Gasteiger partial charge < -0.3 is 4.90 Å². The maximum absolute atomic E-state index is 2.40. The van der Waals surface area contributed by atoms with Crippen LogP contribution in [0.4, 0.5) is 17.1 Å². The Morgan fingerprint density at radius 2 is 0.902 bits per heavy atom. The summed E-state index contributed by atoms with van der Waals surface area (Å²) in [6.45, 7) is 0. The molecule has 0 N–H and O–H groups in total. The van der Waals surface area contributed by atoms with E-state index in [1.807, 2.05) is 0 Å². The van der Waals surface area contributed by atoms with E-state index in [2.05, 4.69) is 169 Å². The van der Waals surface area contributed by atoms with E-state index in [1.54, 1.807) is 0 Å². The quantitative estimate of drug-likeness (QED) is 0.208. The van der Waals surface area contributed by atoms with Gasteiger partial charge in [0.05, 0.1) is 5.69 Å². The number of fused-ring (bicyclic) bond motifs is 5. The summed E-state index contributed by atoms with van der Waals surface area (Å²) in [6.07, 6.45) is 0. The maximum atomic E-state index is 2.40. The van der Waals surface area contributed by atoms with E-state index < -0.39 is 0 Å². The van der Waals surface area contributed by atoms with Gasteiger partial charge in [0.15, 0.2) is 0 Å². The normalized spacial score (nSPS) is 11.4. The molecule has 0 atom stereocenters. The van der Waals surface area contributed by atoms with Crippen LogP contribution in [0.3, 0.4) is 0 Å². The molecule has 41 heavy (non-hydrogen) atoms. The van der Waals surface area contributed by atoms with Crippen LogP contribution >= 0.6 is 0 Å². The first-order valence-corrected chi connectivity index (χ1v) is 14.1. The Balaban J connectivity index is 1.33. The number of anilines is 3. The monoisotopic (exact) mass is 521 g/mol. The zero-order chi connectivity index (χ0) is 27.2. The van der Waals surface area contributed by atoms with E-state index in [0.29, 0.717) is 0 Å². The predicted molar refractivity (Wildman–Crippen MR) is 177 cm³/mol. The van der Waals surface area contributed by atoms with Crippen LogP contribution in [-0.4, -0.2) is 0 Å². The molecule has 0 bridgehead atoms. The molecule has 192 valence electrons. The zero-order valence-corrected chi connectivity index (χ0v) is 22.5. The van der Waals surface area contributed by atoms with Gasteiger partial charge in [0.2, 0.25) is 0 Å². The highest BCUT2D eigenvalue weighted by Gasteiger charge is 2.17. The Bertz CT molecular complexity index is 2210. The molecule has 0 spiro atoms. The third kappa shape index (κ3) is 4.11. The van der Waals surface area contributed by atoms with Crippen molar-refractivity contribution in [1.82, 2.24) is 0 Å². The van der Waals surface area contributed by atoms with Crippen LogP contribution in [-0.2, 0) is 0 Å². The average Bonchev–Trinajstić information content (AvgIpc) is 3.05. The van der Waals surface area contributed by atoms with Crippen LogP contribution in [0.2, 0.25) is 0 Å². The first-order valence-electron chi connectivity index (χ1n) is 14.1. The van der Waals surface area contributed by atoms with Crippen molar-refractivity contribution in [1.29, 1.82) is 0 Å². The molecule has 8 aromatic carbocycles. The van der Waals surface area contributed by atoms with Crippen molar-refractivity contribution in [2.75, 3.05) is 4.90 Å². The summed E-state index contributed by atoms with van der Waals surface area (Å²) in [7, 11) is 0. The first kappa shape index (κ1) is 23.5. The molecule has 1 heteroatoms. The van der Waals surface area contributed by atoms with Gasteiger partial charge in [-0.25, -0.2) is 0 Å². The second-order valence-corrected chi connectivity index (χ2v) is 10.6. The molecule has 1 nitrogen and oxygen atoms in total. The molecule has 0 radical (unpaired) electrons. The number of nitrogens with zero attached hydrogens (tertiary/aromatic N) is 1. The Morgan fingerprint density at radius 3 is 1.73 bits per heavy atom. The third-order valence-electron chi connectivity index (χ3n) is 8.17. The summed E-state index contributed by atoms with van der Waals surface area (Å²) in [6, 6.07) is 59.4. The van der Waals surface area contributed by atoms with Crippen molar-refractivity contribution in [3.05, 3.63) is 164 Å². The minimum atomic E-state index is 1.14. The molecule has 0 fully saturated rings. The van der Waals surface area contributed by atoms with Crippen LogP contribution < -0.4 is 4.90 Å². The van der Waals surface area contributed by atoms with E-state index in [0.717, 1.165) is 11.4 Å². The van der Waals surface area contributed by atoms with Gasteiger partial charge in [0.25, 0.3) is 0 Å². The fourth-order valence-corrected chi connectivity index (χ4v) is 6.15. The van der Waals surface area contributed by atoms with Gasteiger partial charge in [-0.15, -0.1) is 0 Å². The molecule has 0 amide bonds. The Hall–Kier alpha value is -5.40. The van der Waals surface area contributed by atoms with Crippen molar-refractivity contribution in [3.63, 3.8) is 0 Å². The van der Waals surface area contributed by atoms with Crippen molar-refractivity contribution in [2.45, 2.75) is 0 Å². The highest BCUT2D eigenvalue weighted by atomic mass is 15.1. The topological polar surface area (TPSA) is 3.24 Å². The SMILES string of the molecule is c1ccc(N(c2ccc3ccc(-c4ccc5ccccc5c4)cc3c2)c2cccc3ccc4ccccc4c23)cc1. The van der Waals surface area contributed by atoms with E-state index in [4.69, 9.17) is 0 Å². The van der Waals surface area contributed by atoms with E-state index in [9.17, 15) is 0 Å². The molecule has 8 aromatic rings. The predicted octanol–water partition coefficient (Wildman–Crippen LogP) is 11.4. The smallest absolute Gasteiger partial charge is 0.0546 e. The van der Waals surface area contributed by atoms with Crippen LogP contribution in [0.5, 0.6) is 0 Å². The molecular weight excluding hydrogens is 494 g/mol. The van der Waals surface area contributed by atoms with Gasteiger partial charge in [-0.2, -0.15) is 0 Å². The molecule has 0 unspecified atom stereocenters. The Kier molecular flexibility index (Phi) is 5.53. The molecule has 0 aliphatic rings. The van der Waals surface area contributed by atoms with Crippen molar-refractivity contribution >= 4 is 60.2 Å². The highest BCUT2D eigenvalue weighted by Crippen LogP contribution is 2.42. The van der Waals surface area contributed by atoms with Crippen LogP contribution in [0.15, 0.2) is 164 Å². The number of para-hydroxylation sites is 1. The lowest BCUT2D eigenvalue weighted by atomic mass is 9.97. The minimum Gasteiger partial charge on any atom is -0.310 e. The van der Waals surface area contributed by atoms with Crippen molar-refractivity contribution in [2.24, 2.45) is 0 Å². The molecule has 0 saturated heterocycles. The zero-order valence-electron chi connectivity index (χ0n) is 22.5. The van der Waals surface area contributed by atoms with E-state index in [1.165, 1.54) is 59.9 Å². The van der Waals surface area contributed by atoms with Gasteiger partial charge in [0.1, 0.15) is 0 Å². The van der Waals surface area contributed by atoms with Crippen molar-refractivity contribution < 1.29 is 0 Å². The van der Waals surface area contributed by atoms with E-state index in [-0.39, 0.29) is 0 Å². The standard InChI is InChI=1S/C40H27N/c1-2-13-36(14-3-1)41(39-16-8-12-31-20-19-30-10-6-7-15-38(30)40(31)39)37-24-23-29-18-22-34(26-35(29)27-37)33-21-17-28-9-4-5-11-32(28)25-33/h1-27H. The number of hydrogen-bond acceptors (Lipinski definition) is 1. The number of benzene rings is 8. The van der Waals surface area contributed by atoms with Gasteiger partial charge in [-0.3, -0.25) is 0 Å². The minimum absolute atomic E-state index is 1.14. The second kappa shape index (κ2) is 9.66. The highest BCUT2D eigenvalue weighted by molar-refractivity contribution is 6.15. The fourth-order valence-electron chi connectivity index (χ4n) is 6.15. The molecule has 0 aliphatic heterocycles. The molecule has 0 aromatic heterocycles. The Labute approximate surface area is 239 Å². The summed E-state index contributed by atoms with van der Waals surface area (Å²) in [5, 5.41) is 9.99. The summed E-state index contributed by atoms with van der Waals surface area (Å²) in [5.41, 5.74) is 5.91.